The van der Waals surface area contributed by atoms with Crippen LogP contribution in [0.2, 0.25) is 0 Å². The third-order valence-corrected chi connectivity index (χ3v) is 3.82. The van der Waals surface area contributed by atoms with E-state index in [1.165, 1.54) is 6.08 Å². The highest BCUT2D eigenvalue weighted by Gasteiger charge is 2.47. The summed E-state index contributed by atoms with van der Waals surface area (Å²) < 4.78 is 0. The van der Waals surface area contributed by atoms with Gasteiger partial charge in [-0.05, 0) is 46.6 Å². The topological polar surface area (TPSA) is 32.8 Å². The molecule has 104 valence electrons. The molecule has 0 N–H and O–H groups in total. The maximum atomic E-state index is 11.7. The van der Waals surface area contributed by atoms with Crippen LogP contribution in [0.5, 0.6) is 0 Å². The molecule has 0 aromatic carbocycles. The largest absolute Gasteiger partial charge is 0.339 e. The third-order valence-electron chi connectivity index (χ3n) is 3.82. The van der Waals surface area contributed by atoms with Crippen LogP contribution in [0.25, 0.3) is 0 Å². The summed E-state index contributed by atoms with van der Waals surface area (Å²) in [5.41, 5.74) is -0.201. The highest BCUT2D eigenvalue weighted by Crippen LogP contribution is 2.39. The van der Waals surface area contributed by atoms with E-state index in [2.05, 4.69) is 34.3 Å². The second kappa shape index (κ2) is 5.02. The predicted molar refractivity (Wildman–Crippen MR) is 73.0 cm³/mol. The molecule has 0 aliphatic carbocycles. The summed E-state index contributed by atoms with van der Waals surface area (Å²) in [6.07, 6.45) is 3.16. The molecular weight excluding hydrogens is 228 g/mol. The van der Waals surface area contributed by atoms with Crippen molar-refractivity contribution in [2.75, 3.05) is 14.2 Å². The monoisotopic (exact) mass is 254 g/mol. The molecule has 1 amide bonds. The van der Waals surface area contributed by atoms with Gasteiger partial charge in [-0.25, -0.2) is 0 Å². The molecule has 1 aliphatic rings. The second-order valence-corrected chi connectivity index (χ2v) is 6.32. The van der Waals surface area contributed by atoms with Crippen molar-refractivity contribution in [1.29, 1.82) is 0 Å². The normalized spacial score (nSPS) is 23.7. The highest BCUT2D eigenvalue weighted by atomic mass is 16.7. The minimum atomic E-state index is -0.100. The molecule has 0 aromatic heterocycles. The van der Waals surface area contributed by atoms with Crippen molar-refractivity contribution in [3.8, 4) is 0 Å². The molecule has 0 unspecified atom stereocenters. The van der Waals surface area contributed by atoms with Gasteiger partial charge >= 0.3 is 0 Å². The summed E-state index contributed by atoms with van der Waals surface area (Å²) in [7, 11) is 3.56. The van der Waals surface area contributed by atoms with Crippen LogP contribution in [0, 0.1) is 0 Å². The van der Waals surface area contributed by atoms with E-state index in [0.29, 0.717) is 0 Å². The summed E-state index contributed by atoms with van der Waals surface area (Å²) >= 11 is 0. The first kappa shape index (κ1) is 15.2. The van der Waals surface area contributed by atoms with Crippen LogP contribution >= 0.6 is 0 Å². The Morgan fingerprint density at radius 2 is 1.78 bits per heavy atom. The van der Waals surface area contributed by atoms with Crippen molar-refractivity contribution in [2.24, 2.45) is 0 Å². The van der Waals surface area contributed by atoms with Crippen LogP contribution in [-0.2, 0) is 9.63 Å². The number of hydrogen-bond donors (Lipinski definition) is 0. The summed E-state index contributed by atoms with van der Waals surface area (Å²) in [4.78, 5) is 19.1. The van der Waals surface area contributed by atoms with E-state index in [9.17, 15) is 4.79 Å². The molecule has 4 heteroatoms. The zero-order valence-electron chi connectivity index (χ0n) is 12.5. The number of carbonyl (C=O) groups excluding carboxylic acids is 1. The molecule has 1 rings (SSSR count). The molecule has 0 bridgehead atoms. The molecule has 0 saturated carbocycles. The molecule has 0 spiro atoms. The van der Waals surface area contributed by atoms with E-state index in [4.69, 9.17) is 4.84 Å². The van der Waals surface area contributed by atoms with E-state index in [0.717, 1.165) is 12.8 Å². The molecule has 0 atom stereocenters. The fourth-order valence-electron chi connectivity index (χ4n) is 3.30. The van der Waals surface area contributed by atoms with Gasteiger partial charge in [0.2, 0.25) is 5.91 Å². The second-order valence-electron chi connectivity index (χ2n) is 6.32. The summed E-state index contributed by atoms with van der Waals surface area (Å²) in [5.74, 6) is -0.0162. The highest BCUT2D eigenvalue weighted by molar-refractivity contribution is 5.87. The van der Waals surface area contributed by atoms with Crippen molar-refractivity contribution >= 4 is 5.91 Å². The molecule has 0 aromatic rings. The lowest BCUT2D eigenvalue weighted by Gasteiger charge is -2.54. The van der Waals surface area contributed by atoms with Gasteiger partial charge in [-0.3, -0.25) is 4.79 Å². The molecule has 4 nitrogen and oxygen atoms in total. The number of carbonyl (C=O) groups is 1. The number of nitrogens with zero attached hydrogens (tertiary/aromatic N) is 2. The Balaban J connectivity index is 2.96. The molecule has 18 heavy (non-hydrogen) atoms. The SMILES string of the molecule is C=CC(=O)N(C)C1CC(C)(C)N(OC)C(C)(C)C1. The lowest BCUT2D eigenvalue weighted by atomic mass is 9.78. The van der Waals surface area contributed by atoms with Gasteiger partial charge < -0.3 is 9.74 Å². The lowest BCUT2D eigenvalue weighted by molar-refractivity contribution is -0.271. The Hall–Kier alpha value is -0.870. The number of amides is 1. The van der Waals surface area contributed by atoms with E-state index in [-0.39, 0.29) is 23.0 Å². The maximum Gasteiger partial charge on any atom is 0.245 e. The minimum absolute atomic E-state index is 0.0162. The van der Waals surface area contributed by atoms with Crippen LogP contribution in [-0.4, -0.2) is 47.1 Å². The average molecular weight is 254 g/mol. The van der Waals surface area contributed by atoms with Crippen molar-refractivity contribution < 1.29 is 9.63 Å². The molecule has 1 aliphatic heterocycles. The van der Waals surface area contributed by atoms with E-state index in [1.807, 2.05) is 12.1 Å². The van der Waals surface area contributed by atoms with E-state index >= 15 is 0 Å². The van der Waals surface area contributed by atoms with Crippen LogP contribution in [0.3, 0.4) is 0 Å². The number of piperidine rings is 1. The zero-order chi connectivity index (χ0) is 14.1. The van der Waals surface area contributed by atoms with Gasteiger partial charge in [0, 0.05) is 24.2 Å². The first-order valence-electron chi connectivity index (χ1n) is 6.39. The molecule has 1 saturated heterocycles. The molecule has 1 heterocycles. The fraction of sp³-hybridized carbons (Fsp3) is 0.786. The van der Waals surface area contributed by atoms with Gasteiger partial charge in [0.05, 0.1) is 7.11 Å². The van der Waals surface area contributed by atoms with Gasteiger partial charge in [-0.2, -0.15) is 5.06 Å². The quantitative estimate of drug-likeness (QED) is 0.724. The molecule has 1 fully saturated rings. The first-order valence-corrected chi connectivity index (χ1v) is 6.39. The maximum absolute atomic E-state index is 11.7. The predicted octanol–water partition coefficient (Wildman–Crippen LogP) is 2.21. The van der Waals surface area contributed by atoms with Gasteiger partial charge in [0.25, 0.3) is 0 Å². The van der Waals surface area contributed by atoms with Crippen molar-refractivity contribution in [1.82, 2.24) is 9.96 Å². The van der Waals surface area contributed by atoms with Crippen LogP contribution in [0.15, 0.2) is 12.7 Å². The van der Waals surface area contributed by atoms with Crippen LogP contribution < -0.4 is 0 Å². The van der Waals surface area contributed by atoms with Crippen molar-refractivity contribution in [3.05, 3.63) is 12.7 Å². The Morgan fingerprint density at radius 3 is 2.11 bits per heavy atom. The molecule has 0 radical (unpaired) electrons. The minimum Gasteiger partial charge on any atom is -0.339 e. The van der Waals surface area contributed by atoms with E-state index < -0.39 is 0 Å². The van der Waals surface area contributed by atoms with Gasteiger partial charge in [0.1, 0.15) is 0 Å². The van der Waals surface area contributed by atoms with E-state index in [1.54, 1.807) is 12.0 Å². The summed E-state index contributed by atoms with van der Waals surface area (Å²) in [6.45, 7) is 12.2. The molecular formula is C14H26N2O2. The van der Waals surface area contributed by atoms with Crippen LogP contribution in [0.4, 0.5) is 0 Å². The number of rotatable bonds is 3. The average Bonchev–Trinajstić information content (AvgIpc) is 2.24. The van der Waals surface area contributed by atoms with Crippen LogP contribution in [0.1, 0.15) is 40.5 Å². The summed E-state index contributed by atoms with van der Waals surface area (Å²) in [6, 6.07) is 0.215. The van der Waals surface area contributed by atoms with Gasteiger partial charge in [-0.1, -0.05) is 6.58 Å². The first-order chi connectivity index (χ1) is 8.15. The fourth-order valence-corrected chi connectivity index (χ4v) is 3.30. The Morgan fingerprint density at radius 1 is 1.33 bits per heavy atom. The number of hydroxylamine groups is 2. The Bertz CT molecular complexity index is 319. The standard InChI is InChI=1S/C14H26N2O2/c1-8-12(17)15(6)11-9-13(2,3)16(18-7)14(4,5)10-11/h8,11H,1,9-10H2,2-7H3. The smallest absolute Gasteiger partial charge is 0.245 e. The van der Waals surface area contributed by atoms with Gasteiger partial charge in [-0.15, -0.1) is 0 Å². The lowest BCUT2D eigenvalue weighted by Crippen LogP contribution is -2.63. The Kier molecular flexibility index (Phi) is 4.23. The number of likely N-dealkylation sites (N-methyl/N-ethyl adjacent to an activating group) is 1. The van der Waals surface area contributed by atoms with Crippen molar-refractivity contribution in [3.63, 3.8) is 0 Å². The number of hydrogen-bond acceptors (Lipinski definition) is 3. The van der Waals surface area contributed by atoms with Gasteiger partial charge in [0.15, 0.2) is 0 Å². The third kappa shape index (κ3) is 2.75. The zero-order valence-corrected chi connectivity index (χ0v) is 12.5. The van der Waals surface area contributed by atoms with Crippen molar-refractivity contribution in [2.45, 2.75) is 57.7 Å². The Labute approximate surface area is 111 Å². The summed E-state index contributed by atoms with van der Waals surface area (Å²) in [5, 5.41) is 2.04.